The van der Waals surface area contributed by atoms with Crippen LogP contribution in [0.1, 0.15) is 59.3 Å². The Hall–Kier alpha value is -2.72. The molecule has 0 aromatic carbocycles. The van der Waals surface area contributed by atoms with Crippen molar-refractivity contribution < 1.29 is 33.8 Å². The number of aliphatic hydroxyl groups is 1. The molecule has 212 valence electrons. The van der Waals surface area contributed by atoms with Crippen molar-refractivity contribution >= 4 is 23.7 Å². The highest BCUT2D eigenvalue weighted by molar-refractivity contribution is 5.98. The molecule has 2 N–H and O–H groups in total. The molecule has 0 aromatic heterocycles. The number of carbonyl (C=O) groups is 4. The van der Waals surface area contributed by atoms with Gasteiger partial charge in [-0.1, -0.05) is 12.2 Å². The van der Waals surface area contributed by atoms with Gasteiger partial charge in [0.15, 0.2) is 0 Å². The third kappa shape index (κ3) is 5.81. The first-order valence-corrected chi connectivity index (χ1v) is 13.7. The molecule has 38 heavy (non-hydrogen) atoms. The lowest BCUT2D eigenvalue weighted by atomic mass is 9.70. The summed E-state index contributed by atoms with van der Waals surface area (Å²) < 4.78 is 12.1. The standard InChI is InChI=1S/C28H43N3O7/c1-6-8-11-21(33)29-17-19(5)37-27(36)22-20-12-13-28(38-20)23(22)25(34)31(15-9-10-16-32)24(28)26(35)30(14-7-2)18(3)4/h6-7,18-20,22-24,32H,1-2,8-17H2,3-5H3,(H,29,33)/t19-,20-,22+,23+,24-,28+/m1/s1. The maximum Gasteiger partial charge on any atom is 0.312 e. The van der Waals surface area contributed by atoms with E-state index in [1.165, 1.54) is 0 Å². The molecule has 3 fully saturated rings. The van der Waals surface area contributed by atoms with E-state index in [1.54, 1.807) is 28.9 Å². The molecule has 3 aliphatic heterocycles. The third-order valence-corrected chi connectivity index (χ3v) is 7.83. The number of nitrogens with one attached hydrogen (secondary N) is 1. The van der Waals surface area contributed by atoms with Crippen molar-refractivity contribution in [1.82, 2.24) is 15.1 Å². The lowest BCUT2D eigenvalue weighted by Gasteiger charge is -2.38. The molecule has 3 saturated heterocycles. The number of amides is 3. The van der Waals surface area contributed by atoms with Crippen molar-refractivity contribution in [3.63, 3.8) is 0 Å². The zero-order chi connectivity index (χ0) is 28.0. The van der Waals surface area contributed by atoms with Crippen LogP contribution in [-0.2, 0) is 28.7 Å². The predicted octanol–water partition coefficient (Wildman–Crippen LogP) is 1.57. The van der Waals surface area contributed by atoms with Gasteiger partial charge in [0.1, 0.15) is 17.7 Å². The van der Waals surface area contributed by atoms with E-state index in [9.17, 15) is 24.3 Å². The fraction of sp³-hybridized carbons (Fsp3) is 0.714. The minimum Gasteiger partial charge on any atom is -0.460 e. The quantitative estimate of drug-likeness (QED) is 0.186. The number of fused-ring (bicyclic) bond motifs is 1. The second-order valence-electron chi connectivity index (χ2n) is 10.8. The summed E-state index contributed by atoms with van der Waals surface area (Å²) >= 11 is 0. The molecule has 0 aliphatic carbocycles. The maximum atomic E-state index is 14.0. The number of rotatable bonds is 15. The molecule has 10 heteroatoms. The van der Waals surface area contributed by atoms with Gasteiger partial charge in [0.25, 0.3) is 0 Å². The summed E-state index contributed by atoms with van der Waals surface area (Å²) in [5.74, 6) is -2.83. The molecule has 0 unspecified atom stereocenters. The van der Waals surface area contributed by atoms with Gasteiger partial charge < -0.3 is 29.7 Å². The predicted molar refractivity (Wildman–Crippen MR) is 141 cm³/mol. The normalized spacial score (nSPS) is 28.2. The van der Waals surface area contributed by atoms with Crippen LogP contribution >= 0.6 is 0 Å². The van der Waals surface area contributed by atoms with Crippen LogP contribution in [0.2, 0.25) is 0 Å². The SMILES string of the molecule is C=CCCC(=O)NC[C@@H](C)OC(=O)[C@@H]1[C@H]2C(=O)N(CCCCO)[C@H](C(=O)N(CC=C)C(C)C)[C@]23CC[C@H]1O3. The first-order valence-electron chi connectivity index (χ1n) is 13.7. The van der Waals surface area contributed by atoms with E-state index in [4.69, 9.17) is 9.47 Å². The summed E-state index contributed by atoms with van der Waals surface area (Å²) in [4.78, 5) is 56.4. The van der Waals surface area contributed by atoms with Gasteiger partial charge >= 0.3 is 5.97 Å². The third-order valence-electron chi connectivity index (χ3n) is 7.83. The number of aliphatic hydroxyl groups excluding tert-OH is 1. The van der Waals surface area contributed by atoms with E-state index in [2.05, 4.69) is 18.5 Å². The Kier molecular flexibility index (Phi) is 10.1. The summed E-state index contributed by atoms with van der Waals surface area (Å²) in [5, 5.41) is 12.0. The first-order chi connectivity index (χ1) is 18.1. The van der Waals surface area contributed by atoms with Gasteiger partial charge in [-0.2, -0.15) is 0 Å². The second kappa shape index (κ2) is 12.9. The van der Waals surface area contributed by atoms with Gasteiger partial charge in [-0.15, -0.1) is 13.2 Å². The Morgan fingerprint density at radius 3 is 2.63 bits per heavy atom. The van der Waals surface area contributed by atoms with Crippen molar-refractivity contribution in [3.05, 3.63) is 25.3 Å². The lowest BCUT2D eigenvalue weighted by molar-refractivity contribution is -0.159. The Labute approximate surface area is 225 Å². The number of nitrogens with zero attached hydrogens (tertiary/aromatic N) is 2. The highest BCUT2D eigenvalue weighted by atomic mass is 16.6. The molecule has 10 nitrogen and oxygen atoms in total. The van der Waals surface area contributed by atoms with Crippen LogP contribution in [0.15, 0.2) is 25.3 Å². The number of allylic oxidation sites excluding steroid dienone is 1. The number of likely N-dealkylation sites (tertiary alicyclic amines) is 1. The maximum absolute atomic E-state index is 14.0. The van der Waals surface area contributed by atoms with Crippen molar-refractivity contribution in [2.24, 2.45) is 11.8 Å². The van der Waals surface area contributed by atoms with Gasteiger partial charge in [-0.05, 0) is 52.9 Å². The van der Waals surface area contributed by atoms with Gasteiger partial charge in [-0.25, -0.2) is 0 Å². The number of esters is 1. The van der Waals surface area contributed by atoms with Crippen LogP contribution in [-0.4, -0.2) is 94.7 Å². The highest BCUT2D eigenvalue weighted by Crippen LogP contribution is 2.58. The lowest BCUT2D eigenvalue weighted by Crippen LogP contribution is -2.57. The van der Waals surface area contributed by atoms with Crippen LogP contribution < -0.4 is 5.32 Å². The van der Waals surface area contributed by atoms with Gasteiger partial charge in [0.2, 0.25) is 17.7 Å². The minimum absolute atomic E-state index is 0.0145. The molecule has 6 atom stereocenters. The van der Waals surface area contributed by atoms with Crippen molar-refractivity contribution in [3.8, 4) is 0 Å². The van der Waals surface area contributed by atoms with E-state index in [-0.39, 0.29) is 43.5 Å². The van der Waals surface area contributed by atoms with Crippen molar-refractivity contribution in [2.45, 2.75) is 89.2 Å². The van der Waals surface area contributed by atoms with E-state index in [0.29, 0.717) is 45.1 Å². The Morgan fingerprint density at radius 1 is 1.26 bits per heavy atom. The zero-order valence-electron chi connectivity index (χ0n) is 22.9. The molecule has 2 bridgehead atoms. The molecular weight excluding hydrogens is 490 g/mol. The van der Waals surface area contributed by atoms with Crippen LogP contribution in [0.4, 0.5) is 0 Å². The number of unbranched alkanes of at least 4 members (excludes halogenated alkanes) is 1. The fourth-order valence-corrected chi connectivity index (χ4v) is 6.08. The Bertz CT molecular complexity index is 922. The number of hydrogen-bond acceptors (Lipinski definition) is 7. The zero-order valence-corrected chi connectivity index (χ0v) is 22.9. The van der Waals surface area contributed by atoms with Crippen molar-refractivity contribution in [1.29, 1.82) is 0 Å². The molecular formula is C28H43N3O7. The molecule has 3 rings (SSSR count). The van der Waals surface area contributed by atoms with Crippen molar-refractivity contribution in [2.75, 3.05) is 26.2 Å². The summed E-state index contributed by atoms with van der Waals surface area (Å²) in [6.45, 7) is 13.6. The molecule has 3 amide bonds. The average Bonchev–Trinajstić information content (AvgIpc) is 3.52. The highest BCUT2D eigenvalue weighted by Gasteiger charge is 2.75. The van der Waals surface area contributed by atoms with Crippen LogP contribution in [0.25, 0.3) is 0 Å². The fourth-order valence-electron chi connectivity index (χ4n) is 6.08. The smallest absolute Gasteiger partial charge is 0.312 e. The average molecular weight is 534 g/mol. The second-order valence-corrected chi connectivity index (χ2v) is 10.8. The molecule has 3 aliphatic rings. The van der Waals surface area contributed by atoms with Crippen LogP contribution in [0.5, 0.6) is 0 Å². The number of carbonyl (C=O) groups excluding carboxylic acids is 4. The molecule has 1 spiro atoms. The molecule has 0 saturated carbocycles. The van der Waals surface area contributed by atoms with E-state index < -0.39 is 41.7 Å². The van der Waals surface area contributed by atoms with Crippen LogP contribution in [0.3, 0.4) is 0 Å². The minimum atomic E-state index is -1.10. The van der Waals surface area contributed by atoms with Gasteiger partial charge in [0, 0.05) is 32.2 Å². The van der Waals surface area contributed by atoms with Gasteiger partial charge in [-0.3, -0.25) is 19.2 Å². The molecule has 0 radical (unpaired) electrons. The van der Waals surface area contributed by atoms with Crippen LogP contribution in [0, 0.1) is 11.8 Å². The summed E-state index contributed by atoms with van der Waals surface area (Å²) in [6, 6.07) is -0.974. The van der Waals surface area contributed by atoms with E-state index in [0.717, 1.165) is 0 Å². The topological polar surface area (TPSA) is 125 Å². The van der Waals surface area contributed by atoms with E-state index in [1.807, 2.05) is 13.8 Å². The Morgan fingerprint density at radius 2 is 2.00 bits per heavy atom. The number of hydrogen-bond donors (Lipinski definition) is 2. The molecule has 0 aromatic rings. The monoisotopic (exact) mass is 533 g/mol. The van der Waals surface area contributed by atoms with E-state index >= 15 is 0 Å². The first kappa shape index (κ1) is 29.8. The largest absolute Gasteiger partial charge is 0.460 e. The summed E-state index contributed by atoms with van der Waals surface area (Å²) in [7, 11) is 0. The summed E-state index contributed by atoms with van der Waals surface area (Å²) in [5.41, 5.74) is -1.10. The number of ether oxygens (including phenoxy) is 2. The summed E-state index contributed by atoms with van der Waals surface area (Å²) in [6.07, 6.45) is 5.16. The Balaban J connectivity index is 1.82. The molecule has 3 heterocycles. The van der Waals surface area contributed by atoms with Gasteiger partial charge in [0.05, 0.1) is 24.5 Å².